The van der Waals surface area contributed by atoms with Gasteiger partial charge in [-0.3, -0.25) is 10.00 Å². The highest BCUT2D eigenvalue weighted by molar-refractivity contribution is 5.56. The van der Waals surface area contributed by atoms with Gasteiger partial charge in [0, 0.05) is 24.7 Å². The monoisotopic (exact) mass is 290 g/mol. The molecule has 116 valence electrons. The third-order valence-corrected chi connectivity index (χ3v) is 3.90. The van der Waals surface area contributed by atoms with E-state index < -0.39 is 0 Å². The second-order valence-corrected chi connectivity index (χ2v) is 5.38. The van der Waals surface area contributed by atoms with Gasteiger partial charge in [-0.1, -0.05) is 13.8 Å². The molecule has 0 saturated heterocycles. The number of nitrogens with zero attached hydrogens (tertiary/aromatic N) is 2. The van der Waals surface area contributed by atoms with E-state index in [1.165, 1.54) is 0 Å². The summed E-state index contributed by atoms with van der Waals surface area (Å²) in [5.74, 6) is 1.76. The summed E-state index contributed by atoms with van der Waals surface area (Å²) in [5.41, 5.74) is 2.10. The third-order valence-electron chi connectivity index (χ3n) is 3.90. The highest BCUT2D eigenvalue weighted by Crippen LogP contribution is 2.23. The van der Waals surface area contributed by atoms with Crippen LogP contribution >= 0.6 is 0 Å². The van der Waals surface area contributed by atoms with E-state index >= 15 is 0 Å². The number of H-pyrrole nitrogens is 1. The van der Waals surface area contributed by atoms with Crippen LogP contribution in [-0.2, 0) is 6.54 Å². The van der Waals surface area contributed by atoms with Crippen LogP contribution in [0.25, 0.3) is 11.5 Å². The van der Waals surface area contributed by atoms with Crippen LogP contribution in [0, 0.1) is 6.92 Å². The number of furan rings is 1. The maximum absolute atomic E-state index is 5.66. The Morgan fingerprint density at radius 2 is 2.10 bits per heavy atom. The Kier molecular flexibility index (Phi) is 5.59. The zero-order chi connectivity index (χ0) is 15.2. The lowest BCUT2D eigenvalue weighted by Crippen LogP contribution is -2.39. The average Bonchev–Trinajstić information content (AvgIpc) is 3.09. The fraction of sp³-hybridized carbons (Fsp3) is 0.562. The molecule has 0 aliphatic carbocycles. The summed E-state index contributed by atoms with van der Waals surface area (Å²) in [7, 11) is 0. The molecule has 0 aliphatic heterocycles. The van der Waals surface area contributed by atoms with Crippen LogP contribution in [-0.4, -0.2) is 40.8 Å². The molecule has 0 aromatic carbocycles. The van der Waals surface area contributed by atoms with Crippen LogP contribution in [0.15, 0.2) is 22.7 Å². The quantitative estimate of drug-likeness (QED) is 0.785. The molecule has 0 fully saturated rings. The van der Waals surface area contributed by atoms with E-state index in [2.05, 4.69) is 41.2 Å². The third kappa shape index (κ3) is 3.95. The van der Waals surface area contributed by atoms with E-state index in [-0.39, 0.29) is 0 Å². The lowest BCUT2D eigenvalue weighted by Gasteiger charge is -2.26. The second kappa shape index (κ2) is 7.43. The fourth-order valence-corrected chi connectivity index (χ4v) is 2.62. The zero-order valence-electron chi connectivity index (χ0n) is 13.4. The van der Waals surface area contributed by atoms with Crippen LogP contribution in [0.5, 0.6) is 0 Å². The SMILES string of the molecule is CCN(CC)C(C)CNCc1cn[nH]c1-c1ccc(C)o1. The van der Waals surface area contributed by atoms with Crippen molar-refractivity contribution in [1.29, 1.82) is 0 Å². The van der Waals surface area contributed by atoms with Gasteiger partial charge < -0.3 is 9.73 Å². The summed E-state index contributed by atoms with van der Waals surface area (Å²) < 4.78 is 5.66. The van der Waals surface area contributed by atoms with Crippen molar-refractivity contribution in [3.05, 3.63) is 29.7 Å². The zero-order valence-corrected chi connectivity index (χ0v) is 13.4. The maximum atomic E-state index is 5.66. The molecular formula is C16H26N4O. The summed E-state index contributed by atoms with van der Waals surface area (Å²) in [5, 5.41) is 10.7. The van der Waals surface area contributed by atoms with Crippen molar-refractivity contribution in [2.75, 3.05) is 19.6 Å². The molecule has 0 saturated carbocycles. The summed E-state index contributed by atoms with van der Waals surface area (Å²) in [6.45, 7) is 12.5. The Labute approximate surface area is 126 Å². The fourth-order valence-electron chi connectivity index (χ4n) is 2.62. The average molecular weight is 290 g/mol. The minimum atomic E-state index is 0.529. The van der Waals surface area contributed by atoms with Gasteiger partial charge in [-0.25, -0.2) is 0 Å². The van der Waals surface area contributed by atoms with Gasteiger partial charge in [0.25, 0.3) is 0 Å². The van der Waals surface area contributed by atoms with Crippen molar-refractivity contribution in [3.63, 3.8) is 0 Å². The van der Waals surface area contributed by atoms with Crippen molar-refractivity contribution >= 4 is 0 Å². The van der Waals surface area contributed by atoms with E-state index in [9.17, 15) is 0 Å². The first kappa shape index (κ1) is 15.8. The van der Waals surface area contributed by atoms with Crippen LogP contribution in [0.4, 0.5) is 0 Å². The first-order valence-corrected chi connectivity index (χ1v) is 7.69. The van der Waals surface area contributed by atoms with Gasteiger partial charge in [0.05, 0.1) is 6.20 Å². The Hall–Kier alpha value is -1.59. The van der Waals surface area contributed by atoms with Crippen molar-refractivity contribution in [3.8, 4) is 11.5 Å². The molecule has 0 radical (unpaired) electrons. The molecule has 1 unspecified atom stereocenters. The van der Waals surface area contributed by atoms with Crippen LogP contribution in [0.2, 0.25) is 0 Å². The maximum Gasteiger partial charge on any atom is 0.152 e. The number of nitrogens with one attached hydrogen (secondary N) is 2. The van der Waals surface area contributed by atoms with Crippen molar-refractivity contribution in [2.45, 2.75) is 40.3 Å². The number of rotatable bonds is 8. The first-order chi connectivity index (χ1) is 10.2. The lowest BCUT2D eigenvalue weighted by atomic mass is 10.2. The molecular weight excluding hydrogens is 264 g/mol. The van der Waals surface area contributed by atoms with Gasteiger partial charge in [0.2, 0.25) is 0 Å². The summed E-state index contributed by atoms with van der Waals surface area (Å²) in [4.78, 5) is 2.44. The van der Waals surface area contributed by atoms with Gasteiger partial charge in [0.1, 0.15) is 11.5 Å². The molecule has 0 spiro atoms. The Morgan fingerprint density at radius 1 is 1.33 bits per heavy atom. The van der Waals surface area contributed by atoms with Gasteiger partial charge >= 0.3 is 0 Å². The van der Waals surface area contributed by atoms with E-state index in [0.29, 0.717) is 6.04 Å². The second-order valence-electron chi connectivity index (χ2n) is 5.38. The van der Waals surface area contributed by atoms with Crippen LogP contribution in [0.3, 0.4) is 0 Å². The highest BCUT2D eigenvalue weighted by atomic mass is 16.3. The number of hydrogen-bond acceptors (Lipinski definition) is 4. The number of aromatic nitrogens is 2. The Bertz CT molecular complexity index is 542. The smallest absolute Gasteiger partial charge is 0.152 e. The van der Waals surface area contributed by atoms with E-state index in [4.69, 9.17) is 4.42 Å². The summed E-state index contributed by atoms with van der Waals surface area (Å²) in [6, 6.07) is 4.47. The number of likely N-dealkylation sites (N-methyl/N-ethyl adjacent to an activating group) is 1. The molecule has 1 atom stereocenters. The van der Waals surface area contributed by atoms with Crippen molar-refractivity contribution in [1.82, 2.24) is 20.4 Å². The Morgan fingerprint density at radius 3 is 2.71 bits per heavy atom. The normalized spacial score (nSPS) is 13.0. The van der Waals surface area contributed by atoms with Gasteiger partial charge in [-0.15, -0.1) is 0 Å². The molecule has 0 bridgehead atoms. The number of hydrogen-bond donors (Lipinski definition) is 2. The molecule has 0 amide bonds. The van der Waals surface area contributed by atoms with Gasteiger partial charge in [-0.05, 0) is 39.1 Å². The molecule has 5 heteroatoms. The number of aromatic amines is 1. The van der Waals surface area contributed by atoms with Gasteiger partial charge in [0.15, 0.2) is 5.76 Å². The van der Waals surface area contributed by atoms with Crippen molar-refractivity contribution < 1.29 is 4.42 Å². The summed E-state index contributed by atoms with van der Waals surface area (Å²) >= 11 is 0. The van der Waals surface area contributed by atoms with Gasteiger partial charge in [-0.2, -0.15) is 5.10 Å². The lowest BCUT2D eigenvalue weighted by molar-refractivity contribution is 0.225. The molecule has 2 aromatic heterocycles. The molecule has 2 aromatic rings. The Balaban J connectivity index is 1.91. The predicted octanol–water partition coefficient (Wildman–Crippen LogP) is 2.80. The molecule has 5 nitrogen and oxygen atoms in total. The molecule has 2 N–H and O–H groups in total. The first-order valence-electron chi connectivity index (χ1n) is 7.69. The molecule has 2 heterocycles. The van der Waals surface area contributed by atoms with E-state index in [1.807, 2.05) is 25.3 Å². The molecule has 2 rings (SSSR count). The van der Waals surface area contributed by atoms with E-state index in [1.54, 1.807) is 0 Å². The molecule has 21 heavy (non-hydrogen) atoms. The summed E-state index contributed by atoms with van der Waals surface area (Å²) in [6.07, 6.45) is 1.86. The topological polar surface area (TPSA) is 57.1 Å². The minimum absolute atomic E-state index is 0.529. The predicted molar refractivity (Wildman–Crippen MR) is 85.1 cm³/mol. The van der Waals surface area contributed by atoms with E-state index in [0.717, 1.165) is 49.0 Å². The minimum Gasteiger partial charge on any atom is -0.460 e. The van der Waals surface area contributed by atoms with Crippen LogP contribution in [0.1, 0.15) is 32.1 Å². The number of aryl methyl sites for hydroxylation is 1. The standard InChI is InChI=1S/C16H26N4O/c1-5-20(6-2)12(3)9-17-10-14-11-18-19-16(14)15-8-7-13(4)21-15/h7-8,11-12,17H,5-6,9-10H2,1-4H3,(H,18,19). The largest absolute Gasteiger partial charge is 0.460 e. The van der Waals surface area contributed by atoms with Crippen LogP contribution < -0.4 is 5.32 Å². The molecule has 0 aliphatic rings. The van der Waals surface area contributed by atoms with Crippen molar-refractivity contribution in [2.24, 2.45) is 0 Å². The highest BCUT2D eigenvalue weighted by Gasteiger charge is 2.13.